The number of aromatic nitrogens is 1. The number of rotatable bonds is 1. The van der Waals surface area contributed by atoms with Crippen molar-refractivity contribution in [2.75, 3.05) is 24.5 Å². The van der Waals surface area contributed by atoms with Crippen LogP contribution in [0.5, 0.6) is 0 Å². The molecule has 1 aliphatic heterocycles. The summed E-state index contributed by atoms with van der Waals surface area (Å²) in [6.07, 6.45) is 1.77. The van der Waals surface area contributed by atoms with E-state index >= 15 is 0 Å². The Balaban J connectivity index is 2.12. The third kappa shape index (κ3) is 2.25. The molecule has 1 aromatic rings. The van der Waals surface area contributed by atoms with Gasteiger partial charge < -0.3 is 10.2 Å². The third-order valence-electron chi connectivity index (χ3n) is 2.60. The van der Waals surface area contributed by atoms with Crippen molar-refractivity contribution >= 4 is 5.69 Å². The highest BCUT2D eigenvalue weighted by molar-refractivity contribution is 5.46. The van der Waals surface area contributed by atoms with E-state index in [1.54, 1.807) is 12.3 Å². The maximum absolute atomic E-state index is 8.64. The van der Waals surface area contributed by atoms with Crippen LogP contribution in [0.2, 0.25) is 0 Å². The Morgan fingerprint density at radius 3 is 3.07 bits per heavy atom. The molecule has 1 aliphatic rings. The van der Waals surface area contributed by atoms with E-state index in [1.807, 2.05) is 12.1 Å². The number of nitrogens with zero attached hydrogens (tertiary/aromatic N) is 3. The van der Waals surface area contributed by atoms with Crippen LogP contribution in [0.4, 0.5) is 5.69 Å². The van der Waals surface area contributed by atoms with Gasteiger partial charge in [0.15, 0.2) is 0 Å². The van der Waals surface area contributed by atoms with Gasteiger partial charge >= 0.3 is 0 Å². The van der Waals surface area contributed by atoms with E-state index in [1.165, 1.54) is 0 Å². The number of hydrogen-bond acceptors (Lipinski definition) is 4. The van der Waals surface area contributed by atoms with Crippen LogP contribution >= 0.6 is 0 Å². The van der Waals surface area contributed by atoms with E-state index in [2.05, 4.69) is 22.1 Å². The highest BCUT2D eigenvalue weighted by Crippen LogP contribution is 2.14. The molecule has 1 atom stereocenters. The van der Waals surface area contributed by atoms with Gasteiger partial charge in [0.05, 0.1) is 11.9 Å². The molecule has 0 saturated carbocycles. The molecule has 4 nitrogen and oxygen atoms in total. The van der Waals surface area contributed by atoms with Crippen LogP contribution in [0, 0.1) is 11.3 Å². The van der Waals surface area contributed by atoms with Crippen LogP contribution in [0.1, 0.15) is 12.6 Å². The van der Waals surface area contributed by atoms with E-state index < -0.39 is 0 Å². The third-order valence-corrected chi connectivity index (χ3v) is 2.60. The van der Waals surface area contributed by atoms with Gasteiger partial charge in [0.25, 0.3) is 0 Å². The summed E-state index contributed by atoms with van der Waals surface area (Å²) in [6.45, 7) is 5.16. The van der Waals surface area contributed by atoms with Gasteiger partial charge in [-0.1, -0.05) is 0 Å². The molecule has 1 aromatic heterocycles. The lowest BCUT2D eigenvalue weighted by molar-refractivity contribution is 0.484. The second kappa shape index (κ2) is 4.28. The predicted molar refractivity (Wildman–Crippen MR) is 58.6 cm³/mol. The number of hydrogen-bond donors (Lipinski definition) is 1. The molecule has 1 fully saturated rings. The molecule has 78 valence electrons. The lowest BCUT2D eigenvalue weighted by atomic mass is 10.2. The first-order valence-electron chi connectivity index (χ1n) is 5.14. The standard InChI is InChI=1S/C11H14N4/c1-9-8-15(5-4-13-9)11-3-2-10(6-12)14-7-11/h2-3,7,9,13H,4-5,8H2,1H3. The van der Waals surface area contributed by atoms with Crippen molar-refractivity contribution in [3.63, 3.8) is 0 Å². The molecule has 0 spiro atoms. The number of pyridine rings is 1. The molecule has 1 saturated heterocycles. The SMILES string of the molecule is CC1CN(c2ccc(C#N)nc2)CCN1. The van der Waals surface area contributed by atoms with Gasteiger partial charge in [0.2, 0.25) is 0 Å². The molecule has 0 amide bonds. The summed E-state index contributed by atoms with van der Waals surface area (Å²) in [5, 5.41) is 12.0. The number of nitrogens with one attached hydrogen (secondary N) is 1. The van der Waals surface area contributed by atoms with Crippen LogP contribution < -0.4 is 10.2 Å². The molecule has 0 bridgehead atoms. The minimum Gasteiger partial charge on any atom is -0.367 e. The van der Waals surface area contributed by atoms with Crippen molar-refractivity contribution in [1.29, 1.82) is 5.26 Å². The zero-order valence-corrected chi connectivity index (χ0v) is 8.77. The Bertz CT molecular complexity index is 365. The summed E-state index contributed by atoms with van der Waals surface area (Å²) in [5.74, 6) is 0. The summed E-state index contributed by atoms with van der Waals surface area (Å²) in [6, 6.07) is 6.26. The highest BCUT2D eigenvalue weighted by atomic mass is 15.2. The van der Waals surface area contributed by atoms with Crippen molar-refractivity contribution in [2.24, 2.45) is 0 Å². The first kappa shape index (κ1) is 9.94. The fraction of sp³-hybridized carbons (Fsp3) is 0.455. The largest absolute Gasteiger partial charge is 0.367 e. The maximum Gasteiger partial charge on any atom is 0.140 e. The van der Waals surface area contributed by atoms with E-state index in [-0.39, 0.29) is 0 Å². The molecule has 2 heterocycles. The number of piperazine rings is 1. The van der Waals surface area contributed by atoms with Gasteiger partial charge in [-0.05, 0) is 19.1 Å². The Labute approximate surface area is 89.5 Å². The molecule has 15 heavy (non-hydrogen) atoms. The zero-order chi connectivity index (χ0) is 10.7. The second-order valence-corrected chi connectivity index (χ2v) is 3.81. The second-order valence-electron chi connectivity index (χ2n) is 3.81. The highest BCUT2D eigenvalue weighted by Gasteiger charge is 2.15. The predicted octanol–water partition coefficient (Wildman–Crippen LogP) is 0.751. The fourth-order valence-electron chi connectivity index (χ4n) is 1.81. The summed E-state index contributed by atoms with van der Waals surface area (Å²) in [7, 11) is 0. The van der Waals surface area contributed by atoms with Crippen molar-refractivity contribution in [3.05, 3.63) is 24.0 Å². The molecular weight excluding hydrogens is 188 g/mol. The Morgan fingerprint density at radius 2 is 2.47 bits per heavy atom. The minimum absolute atomic E-state index is 0.474. The first-order valence-corrected chi connectivity index (χ1v) is 5.14. The molecule has 4 heteroatoms. The molecule has 2 rings (SSSR count). The monoisotopic (exact) mass is 202 g/mol. The molecule has 0 aromatic carbocycles. The van der Waals surface area contributed by atoms with Gasteiger partial charge in [-0.15, -0.1) is 0 Å². The smallest absolute Gasteiger partial charge is 0.140 e. The summed E-state index contributed by atoms with van der Waals surface area (Å²) in [4.78, 5) is 6.36. The molecule has 0 aliphatic carbocycles. The average Bonchev–Trinajstić information content (AvgIpc) is 2.29. The molecule has 1 unspecified atom stereocenters. The van der Waals surface area contributed by atoms with Gasteiger partial charge in [-0.25, -0.2) is 4.98 Å². The van der Waals surface area contributed by atoms with Crippen LogP contribution in [-0.4, -0.2) is 30.7 Å². The normalized spacial score (nSPS) is 21.1. The van der Waals surface area contributed by atoms with Gasteiger partial charge in [0.1, 0.15) is 11.8 Å². The molecule has 0 radical (unpaired) electrons. The maximum atomic E-state index is 8.64. The Kier molecular flexibility index (Phi) is 2.84. The van der Waals surface area contributed by atoms with Gasteiger partial charge in [-0.3, -0.25) is 0 Å². The van der Waals surface area contributed by atoms with Crippen molar-refractivity contribution in [2.45, 2.75) is 13.0 Å². The van der Waals surface area contributed by atoms with Gasteiger partial charge in [0, 0.05) is 25.7 Å². The summed E-state index contributed by atoms with van der Waals surface area (Å²) in [5.41, 5.74) is 1.57. The van der Waals surface area contributed by atoms with E-state index in [0.717, 1.165) is 25.3 Å². The Morgan fingerprint density at radius 1 is 1.60 bits per heavy atom. The van der Waals surface area contributed by atoms with Crippen molar-refractivity contribution in [1.82, 2.24) is 10.3 Å². The number of anilines is 1. The van der Waals surface area contributed by atoms with E-state index in [9.17, 15) is 0 Å². The average molecular weight is 202 g/mol. The summed E-state index contributed by atoms with van der Waals surface area (Å²) < 4.78 is 0. The van der Waals surface area contributed by atoms with Crippen molar-refractivity contribution in [3.8, 4) is 6.07 Å². The van der Waals surface area contributed by atoms with Gasteiger partial charge in [-0.2, -0.15) is 5.26 Å². The lowest BCUT2D eigenvalue weighted by Gasteiger charge is -2.33. The van der Waals surface area contributed by atoms with Crippen LogP contribution in [-0.2, 0) is 0 Å². The topological polar surface area (TPSA) is 52.0 Å². The lowest BCUT2D eigenvalue weighted by Crippen LogP contribution is -2.49. The van der Waals surface area contributed by atoms with Crippen LogP contribution in [0.15, 0.2) is 18.3 Å². The van der Waals surface area contributed by atoms with Crippen LogP contribution in [0.3, 0.4) is 0 Å². The minimum atomic E-state index is 0.474. The number of nitriles is 1. The van der Waals surface area contributed by atoms with E-state index in [0.29, 0.717) is 11.7 Å². The Hall–Kier alpha value is -1.60. The molecule has 1 N–H and O–H groups in total. The summed E-state index contributed by atoms with van der Waals surface area (Å²) >= 11 is 0. The van der Waals surface area contributed by atoms with Crippen molar-refractivity contribution < 1.29 is 0 Å². The molecular formula is C11H14N4. The fourth-order valence-corrected chi connectivity index (χ4v) is 1.81. The van der Waals surface area contributed by atoms with Crippen LogP contribution in [0.25, 0.3) is 0 Å². The quantitative estimate of drug-likeness (QED) is 0.730. The zero-order valence-electron chi connectivity index (χ0n) is 8.77. The van der Waals surface area contributed by atoms with E-state index in [4.69, 9.17) is 5.26 Å². The first-order chi connectivity index (χ1) is 7.29.